The third-order valence-electron chi connectivity index (χ3n) is 3.62. The van der Waals surface area contributed by atoms with Crippen LogP contribution in [-0.2, 0) is 9.53 Å². The van der Waals surface area contributed by atoms with Crippen LogP contribution in [0.3, 0.4) is 0 Å². The lowest BCUT2D eigenvalue weighted by molar-refractivity contribution is -0.384. The van der Waals surface area contributed by atoms with E-state index in [1.165, 1.54) is 24.3 Å². The van der Waals surface area contributed by atoms with Crippen molar-refractivity contribution in [1.82, 2.24) is 10.9 Å². The monoisotopic (exact) mass is 480 g/mol. The first-order valence-corrected chi connectivity index (χ1v) is 9.26. The van der Waals surface area contributed by atoms with Crippen molar-refractivity contribution in [3.63, 3.8) is 0 Å². The van der Waals surface area contributed by atoms with Crippen LogP contribution in [0.15, 0.2) is 46.9 Å². The average molecular weight is 481 g/mol. The molecular weight excluding hydrogens is 464 g/mol. The molecule has 11 nitrogen and oxygen atoms in total. The molecule has 0 heterocycles. The van der Waals surface area contributed by atoms with E-state index in [-0.39, 0.29) is 30.1 Å². The van der Waals surface area contributed by atoms with Crippen LogP contribution in [0, 0.1) is 10.1 Å². The largest absolute Gasteiger partial charge is 0.452 e. The maximum absolute atomic E-state index is 12.3. The SMILES string of the molecule is O=C(COC(=O)c1cc([N+](=O)[O-])ccc1NCCO)NNC(=O)c1ccc(Br)cc1. The van der Waals surface area contributed by atoms with Gasteiger partial charge in [-0.05, 0) is 30.3 Å². The summed E-state index contributed by atoms with van der Waals surface area (Å²) < 4.78 is 5.65. The fraction of sp³-hybridized carbons (Fsp3) is 0.167. The second kappa shape index (κ2) is 10.9. The minimum absolute atomic E-state index is 0.0979. The summed E-state index contributed by atoms with van der Waals surface area (Å²) in [5.74, 6) is -2.38. The summed E-state index contributed by atoms with van der Waals surface area (Å²) in [5, 5.41) is 22.6. The second-order valence-electron chi connectivity index (χ2n) is 5.72. The van der Waals surface area contributed by atoms with E-state index >= 15 is 0 Å². The van der Waals surface area contributed by atoms with Crippen molar-refractivity contribution in [1.29, 1.82) is 0 Å². The minimum Gasteiger partial charge on any atom is -0.452 e. The van der Waals surface area contributed by atoms with Crippen molar-refractivity contribution < 1.29 is 29.2 Å². The van der Waals surface area contributed by atoms with Gasteiger partial charge in [-0.3, -0.25) is 30.6 Å². The molecule has 2 aromatic carbocycles. The van der Waals surface area contributed by atoms with Crippen molar-refractivity contribution in [3.05, 3.63) is 68.2 Å². The Morgan fingerprint density at radius 1 is 1.10 bits per heavy atom. The number of anilines is 1. The number of hydrazine groups is 1. The molecule has 0 radical (unpaired) electrons. The van der Waals surface area contributed by atoms with Crippen molar-refractivity contribution in [2.45, 2.75) is 0 Å². The molecule has 2 aromatic rings. The standard InChI is InChI=1S/C18H17BrN4O7/c19-12-3-1-11(2-4-12)17(26)22-21-16(25)10-30-18(27)14-9-13(23(28)29)5-6-15(14)20-7-8-24/h1-6,9,20,24H,7-8,10H2,(H,21,25)(H,22,26). The Morgan fingerprint density at radius 3 is 2.43 bits per heavy atom. The highest BCUT2D eigenvalue weighted by molar-refractivity contribution is 9.10. The number of non-ortho nitro benzene ring substituents is 1. The Balaban J connectivity index is 1.94. The van der Waals surface area contributed by atoms with E-state index in [4.69, 9.17) is 9.84 Å². The summed E-state index contributed by atoms with van der Waals surface area (Å²) in [6.45, 7) is -0.867. The predicted molar refractivity (Wildman–Crippen MR) is 109 cm³/mol. The molecule has 0 spiro atoms. The number of nitro benzene ring substituents is 1. The third-order valence-corrected chi connectivity index (χ3v) is 4.15. The quantitative estimate of drug-likeness (QED) is 0.250. The number of carbonyl (C=O) groups is 3. The molecule has 4 N–H and O–H groups in total. The van der Waals surface area contributed by atoms with Crippen molar-refractivity contribution in [3.8, 4) is 0 Å². The lowest BCUT2D eigenvalue weighted by Gasteiger charge is -2.11. The molecule has 30 heavy (non-hydrogen) atoms. The number of hydrogen-bond donors (Lipinski definition) is 4. The molecule has 2 amide bonds. The van der Waals surface area contributed by atoms with E-state index in [0.29, 0.717) is 5.56 Å². The number of nitrogens with zero attached hydrogens (tertiary/aromatic N) is 1. The fourth-order valence-corrected chi connectivity index (χ4v) is 2.47. The number of nitrogens with one attached hydrogen (secondary N) is 3. The number of amides is 2. The molecule has 0 unspecified atom stereocenters. The van der Waals surface area contributed by atoms with E-state index in [1.54, 1.807) is 12.1 Å². The number of hydrogen-bond acceptors (Lipinski definition) is 8. The highest BCUT2D eigenvalue weighted by atomic mass is 79.9. The van der Waals surface area contributed by atoms with E-state index in [2.05, 4.69) is 32.1 Å². The fourth-order valence-electron chi connectivity index (χ4n) is 2.20. The number of carbonyl (C=O) groups excluding carboxylic acids is 3. The van der Waals surface area contributed by atoms with Gasteiger partial charge in [0.05, 0.1) is 17.1 Å². The number of rotatable bonds is 8. The Morgan fingerprint density at radius 2 is 1.80 bits per heavy atom. The summed E-state index contributed by atoms with van der Waals surface area (Å²) in [5.41, 5.74) is 4.24. The molecule has 0 aromatic heterocycles. The van der Waals surface area contributed by atoms with E-state index in [0.717, 1.165) is 10.5 Å². The smallest absolute Gasteiger partial charge is 0.341 e. The minimum atomic E-state index is -0.992. The van der Waals surface area contributed by atoms with Crippen LogP contribution in [0.25, 0.3) is 0 Å². The van der Waals surface area contributed by atoms with Crippen LogP contribution < -0.4 is 16.2 Å². The molecule has 0 bridgehead atoms. The molecule has 0 aliphatic rings. The number of halogens is 1. The zero-order valence-corrected chi connectivity index (χ0v) is 17.0. The first kappa shape index (κ1) is 22.8. The molecule has 0 fully saturated rings. The topological polar surface area (TPSA) is 160 Å². The lowest BCUT2D eigenvalue weighted by atomic mass is 10.1. The van der Waals surface area contributed by atoms with Crippen molar-refractivity contribution >= 4 is 45.1 Å². The van der Waals surface area contributed by atoms with Gasteiger partial charge in [-0.15, -0.1) is 0 Å². The van der Waals surface area contributed by atoms with Gasteiger partial charge in [-0.1, -0.05) is 15.9 Å². The van der Waals surface area contributed by atoms with Crippen LogP contribution in [0.1, 0.15) is 20.7 Å². The molecule has 0 aliphatic heterocycles. The number of esters is 1. The van der Waals surface area contributed by atoms with Gasteiger partial charge >= 0.3 is 5.97 Å². The van der Waals surface area contributed by atoms with E-state index < -0.39 is 29.3 Å². The first-order valence-electron chi connectivity index (χ1n) is 8.47. The van der Waals surface area contributed by atoms with Gasteiger partial charge in [0, 0.05) is 34.4 Å². The van der Waals surface area contributed by atoms with E-state index in [1.807, 2.05) is 0 Å². The Kier molecular flexibility index (Phi) is 8.26. The van der Waals surface area contributed by atoms with Gasteiger partial charge in [-0.25, -0.2) is 4.79 Å². The Labute approximate surface area is 178 Å². The molecular formula is C18H17BrN4O7. The third kappa shape index (κ3) is 6.53. The number of ether oxygens (including phenoxy) is 1. The predicted octanol–water partition coefficient (Wildman–Crippen LogP) is 1.38. The van der Waals surface area contributed by atoms with Crippen LogP contribution in [0.5, 0.6) is 0 Å². The number of aliphatic hydroxyl groups excluding tert-OH is 1. The van der Waals surface area contributed by atoms with Gasteiger partial charge in [0.1, 0.15) is 0 Å². The van der Waals surface area contributed by atoms with Gasteiger partial charge in [0.2, 0.25) is 0 Å². The number of nitro groups is 1. The lowest BCUT2D eigenvalue weighted by Crippen LogP contribution is -2.43. The molecule has 0 saturated carbocycles. The average Bonchev–Trinajstić information content (AvgIpc) is 2.74. The van der Waals surface area contributed by atoms with Crippen LogP contribution in [-0.4, -0.2) is 47.6 Å². The molecule has 0 atom stereocenters. The van der Waals surface area contributed by atoms with Gasteiger partial charge < -0.3 is 15.2 Å². The highest BCUT2D eigenvalue weighted by Crippen LogP contribution is 2.23. The van der Waals surface area contributed by atoms with Gasteiger partial charge in [-0.2, -0.15) is 0 Å². The summed E-state index contributed by atoms with van der Waals surface area (Å²) in [6, 6.07) is 9.85. The van der Waals surface area contributed by atoms with Gasteiger partial charge in [0.15, 0.2) is 6.61 Å². The summed E-state index contributed by atoms with van der Waals surface area (Å²) in [4.78, 5) is 46.3. The molecule has 0 saturated heterocycles. The maximum atomic E-state index is 12.3. The number of benzene rings is 2. The van der Waals surface area contributed by atoms with Gasteiger partial charge in [0.25, 0.3) is 17.5 Å². The van der Waals surface area contributed by atoms with Crippen molar-refractivity contribution in [2.24, 2.45) is 0 Å². The van der Waals surface area contributed by atoms with Crippen molar-refractivity contribution in [2.75, 3.05) is 25.1 Å². The molecule has 2 rings (SSSR count). The van der Waals surface area contributed by atoms with Crippen LogP contribution >= 0.6 is 15.9 Å². The highest BCUT2D eigenvalue weighted by Gasteiger charge is 2.19. The van der Waals surface area contributed by atoms with Crippen LogP contribution in [0.4, 0.5) is 11.4 Å². The van der Waals surface area contributed by atoms with Crippen LogP contribution in [0.2, 0.25) is 0 Å². The molecule has 158 valence electrons. The Bertz CT molecular complexity index is 950. The maximum Gasteiger partial charge on any atom is 0.341 e. The Hall–Kier alpha value is -3.51. The normalized spacial score (nSPS) is 10.1. The summed E-state index contributed by atoms with van der Waals surface area (Å²) in [7, 11) is 0. The van der Waals surface area contributed by atoms with E-state index in [9.17, 15) is 24.5 Å². The summed E-state index contributed by atoms with van der Waals surface area (Å²) in [6.07, 6.45) is 0. The second-order valence-corrected chi connectivity index (χ2v) is 6.64. The molecule has 12 heteroatoms. The number of aliphatic hydroxyl groups is 1. The summed E-state index contributed by atoms with van der Waals surface area (Å²) >= 11 is 3.24. The molecule has 0 aliphatic carbocycles. The first-order chi connectivity index (χ1) is 14.3. The zero-order chi connectivity index (χ0) is 22.1. The zero-order valence-electron chi connectivity index (χ0n) is 15.4.